The predicted molar refractivity (Wildman–Crippen MR) is 127 cm³/mol. The molecule has 0 saturated heterocycles. The van der Waals surface area contributed by atoms with Gasteiger partial charge in [-0.2, -0.15) is 0 Å². The summed E-state index contributed by atoms with van der Waals surface area (Å²) in [6.45, 7) is 3.64. The lowest BCUT2D eigenvalue weighted by molar-refractivity contribution is -0.130. The van der Waals surface area contributed by atoms with E-state index in [1.54, 1.807) is 38.1 Å². The zero-order chi connectivity index (χ0) is 24.1. The number of amides is 1. The van der Waals surface area contributed by atoms with E-state index < -0.39 is 18.0 Å². The van der Waals surface area contributed by atoms with E-state index in [0.29, 0.717) is 21.6 Å². The van der Waals surface area contributed by atoms with Crippen LogP contribution in [0.3, 0.4) is 0 Å². The Morgan fingerprint density at radius 1 is 1.09 bits per heavy atom. The maximum atomic E-state index is 12.6. The largest absolute Gasteiger partial charge is 0.478 e. The summed E-state index contributed by atoms with van der Waals surface area (Å²) < 4.78 is 9.97. The van der Waals surface area contributed by atoms with Crippen molar-refractivity contribution in [3.63, 3.8) is 0 Å². The summed E-state index contributed by atoms with van der Waals surface area (Å²) in [5.74, 6) is -1.92. The van der Waals surface area contributed by atoms with Gasteiger partial charge in [0.1, 0.15) is 5.69 Å². The second kappa shape index (κ2) is 10.4. The summed E-state index contributed by atoms with van der Waals surface area (Å²) in [6.07, 6.45) is 0.664. The summed E-state index contributed by atoms with van der Waals surface area (Å²) in [5.41, 5.74) is 1.21. The van der Waals surface area contributed by atoms with Gasteiger partial charge in [-0.15, -0.1) is 0 Å². The van der Waals surface area contributed by atoms with E-state index in [1.807, 2.05) is 0 Å². The van der Waals surface area contributed by atoms with Gasteiger partial charge in [0.25, 0.3) is 0 Å². The number of carboxylic acid groups (broad SMARTS) is 1. The number of aliphatic carboxylic acids is 1. The first kappa shape index (κ1) is 24.2. The molecule has 0 spiro atoms. The number of halogens is 2. The van der Waals surface area contributed by atoms with Gasteiger partial charge in [0, 0.05) is 27.2 Å². The van der Waals surface area contributed by atoms with Gasteiger partial charge in [-0.1, -0.05) is 35.3 Å². The molecule has 10 heteroatoms. The van der Waals surface area contributed by atoms with Crippen LogP contribution in [-0.2, 0) is 14.3 Å². The van der Waals surface area contributed by atoms with Crippen molar-refractivity contribution in [2.75, 3.05) is 18.5 Å². The third kappa shape index (κ3) is 5.47. The Morgan fingerprint density at radius 2 is 1.82 bits per heavy atom. The van der Waals surface area contributed by atoms with E-state index in [9.17, 15) is 19.5 Å². The summed E-state index contributed by atoms with van der Waals surface area (Å²) in [5, 5.41) is 13.5. The highest BCUT2D eigenvalue weighted by molar-refractivity contribution is 6.39. The van der Waals surface area contributed by atoms with Gasteiger partial charge in [-0.3, -0.25) is 5.32 Å². The first-order valence-corrected chi connectivity index (χ1v) is 10.7. The lowest BCUT2D eigenvalue weighted by Crippen LogP contribution is -2.13. The van der Waals surface area contributed by atoms with Crippen molar-refractivity contribution in [3.8, 4) is 0 Å². The van der Waals surface area contributed by atoms with Crippen LogP contribution in [0.2, 0.25) is 10.0 Å². The second-order valence-corrected chi connectivity index (χ2v) is 7.58. The number of aromatic amines is 1. The van der Waals surface area contributed by atoms with Gasteiger partial charge in [-0.25, -0.2) is 14.4 Å². The number of aromatic nitrogens is 1. The predicted octanol–water partition coefficient (Wildman–Crippen LogP) is 5.85. The van der Waals surface area contributed by atoms with Crippen LogP contribution < -0.4 is 5.32 Å². The number of hydrogen-bond acceptors (Lipinski definition) is 5. The molecule has 0 radical (unpaired) electrons. The highest BCUT2D eigenvalue weighted by atomic mass is 35.5. The van der Waals surface area contributed by atoms with Crippen molar-refractivity contribution in [1.82, 2.24) is 4.98 Å². The van der Waals surface area contributed by atoms with Gasteiger partial charge in [-0.05, 0) is 49.8 Å². The molecule has 0 bridgehead atoms. The number of fused-ring (bicyclic) bond motifs is 1. The van der Waals surface area contributed by atoms with Gasteiger partial charge in [0.05, 0.1) is 23.8 Å². The van der Waals surface area contributed by atoms with Crippen LogP contribution in [0.4, 0.5) is 10.5 Å². The number of H-pyrrole nitrogens is 1. The fourth-order valence-electron chi connectivity index (χ4n) is 3.24. The molecule has 0 aliphatic rings. The molecular weight excluding hydrogens is 471 g/mol. The maximum Gasteiger partial charge on any atom is 0.411 e. The average Bonchev–Trinajstić information content (AvgIpc) is 3.10. The van der Waals surface area contributed by atoms with Gasteiger partial charge >= 0.3 is 18.0 Å². The standard InChI is InChI=1S/C23H20Cl2N2O6/c1-3-32-22(30)20-16(19-17(25)9-13(24)10-18(19)27-20)11-15(21(28)29)12-6-5-7-14(8-12)26-23(31)33-4-2/h5-11,27H,3-4H2,1-2H3,(H,26,31)(H,28,29)/b15-11-. The molecule has 1 amide bonds. The topological polar surface area (TPSA) is 118 Å². The highest BCUT2D eigenvalue weighted by Gasteiger charge is 2.22. The molecule has 0 aliphatic heterocycles. The Kier molecular flexibility index (Phi) is 7.63. The lowest BCUT2D eigenvalue weighted by Gasteiger charge is -2.09. The maximum absolute atomic E-state index is 12.6. The Bertz CT molecular complexity index is 1270. The molecular formula is C23H20Cl2N2O6. The molecule has 3 N–H and O–H groups in total. The first-order valence-electron chi connectivity index (χ1n) is 9.92. The summed E-state index contributed by atoms with van der Waals surface area (Å²) in [6, 6.07) is 9.29. The molecule has 0 aliphatic carbocycles. The molecule has 8 nitrogen and oxygen atoms in total. The van der Waals surface area contributed by atoms with Crippen molar-refractivity contribution >= 4 is 69.5 Å². The normalized spacial score (nSPS) is 11.3. The fourth-order valence-corrected chi connectivity index (χ4v) is 3.84. The summed E-state index contributed by atoms with van der Waals surface area (Å²) >= 11 is 12.5. The minimum atomic E-state index is -1.25. The highest BCUT2D eigenvalue weighted by Crippen LogP contribution is 2.35. The Balaban J connectivity index is 2.19. The van der Waals surface area contributed by atoms with E-state index in [2.05, 4.69) is 10.3 Å². The van der Waals surface area contributed by atoms with Gasteiger partial charge in [0.2, 0.25) is 0 Å². The summed E-state index contributed by atoms with van der Waals surface area (Å²) in [4.78, 5) is 39.4. The number of carbonyl (C=O) groups is 3. The number of rotatable bonds is 7. The molecule has 172 valence electrons. The van der Waals surface area contributed by atoms with Crippen molar-refractivity contribution in [1.29, 1.82) is 0 Å². The zero-order valence-electron chi connectivity index (χ0n) is 17.7. The van der Waals surface area contributed by atoms with Gasteiger partial charge in [0.15, 0.2) is 0 Å². The second-order valence-electron chi connectivity index (χ2n) is 6.73. The molecule has 3 aromatic rings. The van der Waals surface area contributed by atoms with Crippen LogP contribution in [0, 0.1) is 0 Å². The SMILES string of the molecule is CCOC(=O)Nc1cccc(/C(=C/c2c(C(=O)OCC)[nH]c3cc(Cl)cc(Cl)c23)C(=O)O)c1. The Labute approximate surface area is 199 Å². The lowest BCUT2D eigenvalue weighted by atomic mass is 10.0. The summed E-state index contributed by atoms with van der Waals surface area (Å²) in [7, 11) is 0. The van der Waals surface area contributed by atoms with Crippen LogP contribution in [-0.4, -0.2) is 41.3 Å². The zero-order valence-corrected chi connectivity index (χ0v) is 19.2. The Morgan fingerprint density at radius 3 is 2.48 bits per heavy atom. The van der Waals surface area contributed by atoms with Crippen LogP contribution in [0.5, 0.6) is 0 Å². The molecule has 0 saturated carbocycles. The number of benzene rings is 2. The minimum absolute atomic E-state index is 0.0376. The van der Waals surface area contributed by atoms with Crippen LogP contribution in [0.1, 0.15) is 35.5 Å². The fraction of sp³-hybridized carbons (Fsp3) is 0.174. The number of hydrogen-bond donors (Lipinski definition) is 3. The smallest absolute Gasteiger partial charge is 0.411 e. The monoisotopic (exact) mass is 490 g/mol. The van der Waals surface area contributed by atoms with Crippen molar-refractivity contribution < 1.29 is 29.0 Å². The van der Waals surface area contributed by atoms with E-state index in [-0.39, 0.29) is 40.6 Å². The van der Waals surface area contributed by atoms with Crippen molar-refractivity contribution in [2.24, 2.45) is 0 Å². The quantitative estimate of drug-likeness (QED) is 0.282. The van der Waals surface area contributed by atoms with Crippen molar-refractivity contribution in [3.05, 3.63) is 63.3 Å². The number of esters is 1. The Hall–Kier alpha value is -3.49. The third-order valence-corrected chi connectivity index (χ3v) is 5.06. The number of anilines is 1. The van der Waals surface area contributed by atoms with Gasteiger partial charge < -0.3 is 19.6 Å². The minimum Gasteiger partial charge on any atom is -0.478 e. The first-order chi connectivity index (χ1) is 15.7. The van der Waals surface area contributed by atoms with Crippen LogP contribution in [0.25, 0.3) is 22.6 Å². The molecule has 2 aromatic carbocycles. The van der Waals surface area contributed by atoms with E-state index >= 15 is 0 Å². The molecule has 0 atom stereocenters. The van der Waals surface area contributed by atoms with E-state index in [0.717, 1.165) is 0 Å². The van der Waals surface area contributed by atoms with Crippen molar-refractivity contribution in [2.45, 2.75) is 13.8 Å². The van der Waals surface area contributed by atoms with Crippen LogP contribution >= 0.6 is 23.2 Å². The van der Waals surface area contributed by atoms with E-state index in [4.69, 9.17) is 32.7 Å². The molecule has 33 heavy (non-hydrogen) atoms. The third-order valence-electron chi connectivity index (χ3n) is 4.55. The molecule has 3 rings (SSSR count). The molecule has 1 aromatic heterocycles. The number of carbonyl (C=O) groups excluding carboxylic acids is 2. The molecule has 0 unspecified atom stereocenters. The number of carboxylic acids is 1. The molecule has 0 fully saturated rings. The van der Waals surface area contributed by atoms with E-state index in [1.165, 1.54) is 18.2 Å². The molecule has 1 heterocycles. The number of nitrogens with one attached hydrogen (secondary N) is 2. The van der Waals surface area contributed by atoms with Crippen LogP contribution in [0.15, 0.2) is 36.4 Å². The number of ether oxygens (including phenoxy) is 2. The average molecular weight is 491 g/mol.